The molecular formula is C21H22FN7O. The lowest BCUT2D eigenvalue weighted by molar-refractivity contribution is 0.102. The number of fused-ring (bicyclic) bond motifs is 2. The van der Waals surface area contributed by atoms with Gasteiger partial charge in [-0.3, -0.25) is 4.79 Å². The van der Waals surface area contributed by atoms with Crippen molar-refractivity contribution in [2.75, 3.05) is 36.4 Å². The Labute approximate surface area is 172 Å². The summed E-state index contributed by atoms with van der Waals surface area (Å²) in [5.74, 6) is -0.847. The topological polar surface area (TPSA) is 79.0 Å². The third-order valence-electron chi connectivity index (χ3n) is 5.30. The Bertz CT molecular complexity index is 1270. The number of piperazine rings is 1. The van der Waals surface area contributed by atoms with Gasteiger partial charge in [-0.15, -0.1) is 0 Å². The molecule has 4 aromatic heterocycles. The molecule has 1 amide bonds. The Morgan fingerprint density at radius 2 is 1.93 bits per heavy atom. The molecule has 9 heteroatoms. The highest BCUT2D eigenvalue weighted by Gasteiger charge is 2.19. The minimum atomic E-state index is -0.491. The first kappa shape index (κ1) is 18.6. The third-order valence-corrected chi connectivity index (χ3v) is 5.30. The summed E-state index contributed by atoms with van der Waals surface area (Å²) in [5.41, 5.74) is 4.44. The molecular weight excluding hydrogens is 385 g/mol. The Morgan fingerprint density at radius 1 is 1.13 bits per heavy atom. The number of nitrogens with one attached hydrogen (secondary N) is 2. The van der Waals surface area contributed by atoms with Crippen LogP contribution in [0.5, 0.6) is 0 Å². The minimum Gasteiger partial charge on any atom is -0.367 e. The second kappa shape index (κ2) is 7.10. The van der Waals surface area contributed by atoms with Crippen molar-refractivity contribution < 1.29 is 9.18 Å². The van der Waals surface area contributed by atoms with Crippen molar-refractivity contribution in [2.24, 2.45) is 0 Å². The van der Waals surface area contributed by atoms with E-state index in [0.717, 1.165) is 43.1 Å². The Morgan fingerprint density at radius 3 is 2.73 bits per heavy atom. The van der Waals surface area contributed by atoms with E-state index < -0.39 is 5.82 Å². The lowest BCUT2D eigenvalue weighted by Crippen LogP contribution is -2.43. The fourth-order valence-corrected chi connectivity index (χ4v) is 3.97. The number of imidazole rings is 1. The normalized spacial score (nSPS) is 14.6. The number of halogens is 1. The molecule has 2 N–H and O–H groups in total. The summed E-state index contributed by atoms with van der Waals surface area (Å²) in [6, 6.07) is 6.98. The summed E-state index contributed by atoms with van der Waals surface area (Å²) in [5, 5.41) is 10.7. The van der Waals surface area contributed by atoms with Gasteiger partial charge in [-0.05, 0) is 32.0 Å². The molecule has 1 fully saturated rings. The van der Waals surface area contributed by atoms with Crippen LogP contribution in [-0.2, 0) is 0 Å². The van der Waals surface area contributed by atoms with Crippen molar-refractivity contribution in [1.29, 1.82) is 0 Å². The standard InChI is InChI=1S/C21H22FN7O/c1-13-9-19-17(27-7-5-23-6-8-27)3-4-18(29(19)26-13)21(30)25-15-10-16(22)20-24-14(2)11-28(20)12-15/h3-4,9-12,23H,5-8H2,1-2H3,(H,25,30). The monoisotopic (exact) mass is 407 g/mol. The van der Waals surface area contributed by atoms with Crippen molar-refractivity contribution in [3.8, 4) is 0 Å². The maximum absolute atomic E-state index is 14.4. The van der Waals surface area contributed by atoms with Gasteiger partial charge in [0.25, 0.3) is 5.91 Å². The van der Waals surface area contributed by atoms with Crippen LogP contribution in [-0.4, -0.2) is 51.1 Å². The van der Waals surface area contributed by atoms with Crippen molar-refractivity contribution in [1.82, 2.24) is 24.3 Å². The number of carbonyl (C=O) groups is 1. The van der Waals surface area contributed by atoms with Crippen LogP contribution in [0.25, 0.3) is 11.2 Å². The first-order valence-electron chi connectivity index (χ1n) is 9.91. The Hall–Kier alpha value is -3.46. The molecule has 1 saturated heterocycles. The van der Waals surface area contributed by atoms with Gasteiger partial charge in [0.1, 0.15) is 5.69 Å². The molecule has 5 rings (SSSR count). The van der Waals surface area contributed by atoms with E-state index in [4.69, 9.17) is 0 Å². The number of nitrogens with zero attached hydrogens (tertiary/aromatic N) is 5. The smallest absolute Gasteiger partial charge is 0.274 e. The molecule has 4 aromatic rings. The number of rotatable bonds is 3. The van der Waals surface area contributed by atoms with Gasteiger partial charge in [0.15, 0.2) is 11.5 Å². The average molecular weight is 407 g/mol. The number of pyridine rings is 2. The van der Waals surface area contributed by atoms with Gasteiger partial charge in [0.05, 0.1) is 28.3 Å². The average Bonchev–Trinajstić information content (AvgIpc) is 3.29. The zero-order valence-corrected chi connectivity index (χ0v) is 16.8. The van der Waals surface area contributed by atoms with Gasteiger partial charge >= 0.3 is 0 Å². The van der Waals surface area contributed by atoms with E-state index >= 15 is 0 Å². The number of carbonyl (C=O) groups excluding carboxylic acids is 1. The number of aryl methyl sites for hydroxylation is 2. The molecule has 5 heterocycles. The highest BCUT2D eigenvalue weighted by Crippen LogP contribution is 2.25. The molecule has 0 spiro atoms. The molecule has 1 aliphatic heterocycles. The van der Waals surface area contributed by atoms with Gasteiger partial charge < -0.3 is 19.9 Å². The molecule has 0 unspecified atom stereocenters. The number of anilines is 2. The van der Waals surface area contributed by atoms with E-state index in [1.54, 1.807) is 34.3 Å². The van der Waals surface area contributed by atoms with Crippen LogP contribution in [0.2, 0.25) is 0 Å². The van der Waals surface area contributed by atoms with Crippen LogP contribution < -0.4 is 15.5 Å². The van der Waals surface area contributed by atoms with Crippen LogP contribution in [0, 0.1) is 19.7 Å². The molecule has 0 bridgehead atoms. The summed E-state index contributed by atoms with van der Waals surface area (Å²) in [6.45, 7) is 7.33. The zero-order valence-electron chi connectivity index (χ0n) is 16.8. The van der Waals surface area contributed by atoms with Gasteiger partial charge in [-0.2, -0.15) is 5.10 Å². The van der Waals surface area contributed by atoms with Crippen LogP contribution in [0.1, 0.15) is 21.9 Å². The second-order valence-electron chi connectivity index (χ2n) is 7.57. The fourth-order valence-electron chi connectivity index (χ4n) is 3.97. The molecule has 0 atom stereocenters. The molecule has 0 saturated carbocycles. The maximum Gasteiger partial charge on any atom is 0.274 e. The summed E-state index contributed by atoms with van der Waals surface area (Å²) in [4.78, 5) is 19.5. The number of aromatic nitrogens is 4. The molecule has 0 aromatic carbocycles. The molecule has 0 radical (unpaired) electrons. The van der Waals surface area contributed by atoms with E-state index in [1.165, 1.54) is 6.07 Å². The van der Waals surface area contributed by atoms with Crippen molar-refractivity contribution in [3.05, 3.63) is 59.6 Å². The molecule has 8 nitrogen and oxygen atoms in total. The molecule has 154 valence electrons. The summed E-state index contributed by atoms with van der Waals surface area (Å²) < 4.78 is 17.6. The zero-order chi connectivity index (χ0) is 20.8. The van der Waals surface area contributed by atoms with Crippen molar-refractivity contribution >= 4 is 28.4 Å². The first-order valence-corrected chi connectivity index (χ1v) is 9.91. The fraction of sp³-hybridized carbons (Fsp3) is 0.286. The van der Waals surface area contributed by atoms with E-state index in [0.29, 0.717) is 17.1 Å². The summed E-state index contributed by atoms with van der Waals surface area (Å²) >= 11 is 0. The van der Waals surface area contributed by atoms with Crippen molar-refractivity contribution in [2.45, 2.75) is 13.8 Å². The summed E-state index contributed by atoms with van der Waals surface area (Å²) in [7, 11) is 0. The van der Waals surface area contributed by atoms with E-state index in [9.17, 15) is 9.18 Å². The van der Waals surface area contributed by atoms with Crippen LogP contribution in [0.15, 0.2) is 36.7 Å². The number of hydrogen-bond donors (Lipinski definition) is 2. The van der Waals surface area contributed by atoms with Crippen LogP contribution in [0.3, 0.4) is 0 Å². The molecule has 0 aliphatic carbocycles. The highest BCUT2D eigenvalue weighted by molar-refractivity contribution is 6.04. The number of amides is 1. The molecule has 1 aliphatic rings. The van der Waals surface area contributed by atoms with E-state index in [2.05, 4.69) is 25.6 Å². The Kier molecular flexibility index (Phi) is 4.39. The van der Waals surface area contributed by atoms with Gasteiger partial charge in [-0.1, -0.05) is 0 Å². The predicted octanol–water partition coefficient (Wildman–Crippen LogP) is 2.40. The Balaban J connectivity index is 1.51. The highest BCUT2D eigenvalue weighted by atomic mass is 19.1. The van der Waals surface area contributed by atoms with Gasteiger partial charge in [0.2, 0.25) is 0 Å². The number of hydrogen-bond acceptors (Lipinski definition) is 5. The predicted molar refractivity (Wildman–Crippen MR) is 113 cm³/mol. The van der Waals surface area contributed by atoms with Crippen LogP contribution in [0.4, 0.5) is 15.8 Å². The summed E-state index contributed by atoms with van der Waals surface area (Å²) in [6.07, 6.45) is 3.36. The largest absolute Gasteiger partial charge is 0.367 e. The maximum atomic E-state index is 14.4. The third kappa shape index (κ3) is 3.17. The molecule has 30 heavy (non-hydrogen) atoms. The second-order valence-corrected chi connectivity index (χ2v) is 7.57. The van der Waals surface area contributed by atoms with Gasteiger partial charge in [-0.25, -0.2) is 13.9 Å². The van der Waals surface area contributed by atoms with E-state index in [-0.39, 0.29) is 11.6 Å². The first-order chi connectivity index (χ1) is 14.5. The van der Waals surface area contributed by atoms with Crippen LogP contribution >= 0.6 is 0 Å². The van der Waals surface area contributed by atoms with Crippen molar-refractivity contribution in [3.63, 3.8) is 0 Å². The minimum absolute atomic E-state index is 0.232. The quantitative estimate of drug-likeness (QED) is 0.545. The lowest BCUT2D eigenvalue weighted by atomic mass is 10.2. The SMILES string of the molecule is Cc1cn2cc(NC(=O)c3ccc(N4CCNCC4)c4cc(C)nn34)cc(F)c2n1. The lowest BCUT2D eigenvalue weighted by Gasteiger charge is -2.30. The van der Waals surface area contributed by atoms with Gasteiger partial charge in [0, 0.05) is 44.6 Å². The van der Waals surface area contributed by atoms with E-state index in [1.807, 2.05) is 19.1 Å².